The lowest BCUT2D eigenvalue weighted by molar-refractivity contribution is -0.143. The van der Waals surface area contributed by atoms with Gasteiger partial charge in [0.15, 0.2) is 0 Å². The minimum absolute atomic E-state index is 0.100. The summed E-state index contributed by atoms with van der Waals surface area (Å²) in [7, 11) is 0. The number of rotatable bonds is 4. The van der Waals surface area contributed by atoms with E-state index in [-0.39, 0.29) is 5.91 Å². The smallest absolute Gasteiger partial charge is 0.242 e. The molecule has 0 aromatic carbocycles. The highest BCUT2D eigenvalue weighted by Gasteiger charge is 2.39. The third-order valence-electron chi connectivity index (χ3n) is 4.21. The SMILES string of the molecule is CC(C)COC1CCN(C(=O)C2(N)CCOCC2)CC1. The maximum Gasteiger partial charge on any atom is 0.242 e. The molecule has 2 fully saturated rings. The fourth-order valence-corrected chi connectivity index (χ4v) is 2.82. The molecule has 0 saturated carbocycles. The van der Waals surface area contributed by atoms with Gasteiger partial charge in [-0.3, -0.25) is 4.79 Å². The van der Waals surface area contributed by atoms with E-state index in [1.165, 1.54) is 0 Å². The summed E-state index contributed by atoms with van der Waals surface area (Å²) in [5.41, 5.74) is 5.56. The molecule has 2 rings (SSSR count). The average Bonchev–Trinajstić information content (AvgIpc) is 2.45. The van der Waals surface area contributed by atoms with Crippen molar-refractivity contribution in [2.24, 2.45) is 11.7 Å². The predicted molar refractivity (Wildman–Crippen MR) is 77.4 cm³/mol. The topological polar surface area (TPSA) is 64.8 Å². The Morgan fingerprint density at radius 1 is 1.35 bits per heavy atom. The van der Waals surface area contributed by atoms with Crippen molar-refractivity contribution in [3.63, 3.8) is 0 Å². The lowest BCUT2D eigenvalue weighted by atomic mass is 9.89. The zero-order valence-electron chi connectivity index (χ0n) is 12.8. The number of hydrogen-bond acceptors (Lipinski definition) is 4. The first-order valence-corrected chi connectivity index (χ1v) is 7.79. The first kappa shape index (κ1) is 15.7. The summed E-state index contributed by atoms with van der Waals surface area (Å²) in [5, 5.41) is 0. The number of nitrogens with zero attached hydrogens (tertiary/aromatic N) is 1. The van der Waals surface area contributed by atoms with Gasteiger partial charge in [0.2, 0.25) is 5.91 Å². The van der Waals surface area contributed by atoms with Crippen molar-refractivity contribution in [1.29, 1.82) is 0 Å². The summed E-state index contributed by atoms with van der Waals surface area (Å²) in [5.74, 6) is 0.660. The van der Waals surface area contributed by atoms with Gasteiger partial charge in [-0.15, -0.1) is 0 Å². The van der Waals surface area contributed by atoms with E-state index >= 15 is 0 Å². The van der Waals surface area contributed by atoms with Crippen LogP contribution >= 0.6 is 0 Å². The van der Waals surface area contributed by atoms with Crippen molar-refractivity contribution in [3.05, 3.63) is 0 Å². The standard InChI is InChI=1S/C15H28N2O3/c1-12(2)11-20-13-3-7-17(8-4-13)14(18)15(16)5-9-19-10-6-15/h12-13H,3-11,16H2,1-2H3. The normalized spacial score (nSPS) is 24.1. The molecule has 0 radical (unpaired) electrons. The lowest BCUT2D eigenvalue weighted by Gasteiger charge is -2.39. The molecule has 2 aliphatic heterocycles. The summed E-state index contributed by atoms with van der Waals surface area (Å²) < 4.78 is 11.2. The van der Waals surface area contributed by atoms with Crippen molar-refractivity contribution in [3.8, 4) is 0 Å². The minimum Gasteiger partial charge on any atom is -0.381 e. The molecule has 0 unspecified atom stereocenters. The Balaban J connectivity index is 1.79. The minimum atomic E-state index is -0.704. The van der Waals surface area contributed by atoms with E-state index in [1.54, 1.807) is 0 Å². The van der Waals surface area contributed by atoms with Crippen LogP contribution in [0.15, 0.2) is 0 Å². The first-order chi connectivity index (χ1) is 9.51. The average molecular weight is 284 g/mol. The van der Waals surface area contributed by atoms with E-state index in [2.05, 4.69) is 13.8 Å². The van der Waals surface area contributed by atoms with Crippen LogP contribution in [0.1, 0.15) is 39.5 Å². The van der Waals surface area contributed by atoms with E-state index in [4.69, 9.17) is 15.2 Å². The van der Waals surface area contributed by atoms with Crippen LogP contribution in [0.3, 0.4) is 0 Å². The van der Waals surface area contributed by atoms with Gasteiger partial charge in [-0.05, 0) is 31.6 Å². The zero-order chi connectivity index (χ0) is 14.6. The highest BCUT2D eigenvalue weighted by atomic mass is 16.5. The van der Waals surface area contributed by atoms with Crippen LogP contribution in [-0.2, 0) is 14.3 Å². The number of amides is 1. The van der Waals surface area contributed by atoms with Gasteiger partial charge in [0.1, 0.15) is 0 Å². The van der Waals surface area contributed by atoms with Crippen LogP contribution in [-0.4, -0.2) is 55.4 Å². The van der Waals surface area contributed by atoms with E-state index in [1.807, 2.05) is 4.90 Å². The molecule has 116 valence electrons. The number of hydrogen-bond donors (Lipinski definition) is 1. The number of likely N-dealkylation sites (tertiary alicyclic amines) is 1. The summed E-state index contributed by atoms with van der Waals surface area (Å²) in [6.45, 7) is 7.83. The molecule has 2 aliphatic rings. The second-order valence-corrected chi connectivity index (χ2v) is 6.49. The number of piperidine rings is 1. The molecule has 2 N–H and O–H groups in total. The lowest BCUT2D eigenvalue weighted by Crippen LogP contribution is -2.59. The van der Waals surface area contributed by atoms with E-state index < -0.39 is 5.54 Å². The van der Waals surface area contributed by atoms with Crippen molar-refractivity contribution >= 4 is 5.91 Å². The van der Waals surface area contributed by atoms with E-state index in [0.717, 1.165) is 32.5 Å². The number of ether oxygens (including phenoxy) is 2. The summed E-state index contributed by atoms with van der Waals surface area (Å²) in [6.07, 6.45) is 3.41. The van der Waals surface area contributed by atoms with Crippen LogP contribution in [0, 0.1) is 5.92 Å². The third kappa shape index (κ3) is 3.93. The largest absolute Gasteiger partial charge is 0.381 e. The molecule has 0 aliphatic carbocycles. The van der Waals surface area contributed by atoms with E-state index in [9.17, 15) is 4.79 Å². The fourth-order valence-electron chi connectivity index (χ4n) is 2.82. The molecule has 0 aromatic heterocycles. The van der Waals surface area contributed by atoms with E-state index in [0.29, 0.717) is 38.1 Å². The number of carbonyl (C=O) groups is 1. The second-order valence-electron chi connectivity index (χ2n) is 6.49. The Bertz CT molecular complexity index is 319. The van der Waals surface area contributed by atoms with Gasteiger partial charge in [-0.25, -0.2) is 0 Å². The first-order valence-electron chi connectivity index (χ1n) is 7.79. The summed E-state index contributed by atoms with van der Waals surface area (Å²) in [6, 6.07) is 0. The maximum absolute atomic E-state index is 12.6. The quantitative estimate of drug-likeness (QED) is 0.841. The second kappa shape index (κ2) is 6.87. The molecule has 0 atom stereocenters. The molecule has 0 bridgehead atoms. The van der Waals surface area contributed by atoms with Crippen LogP contribution in [0.5, 0.6) is 0 Å². The number of carbonyl (C=O) groups excluding carboxylic acids is 1. The van der Waals surface area contributed by atoms with Gasteiger partial charge in [0, 0.05) is 32.9 Å². The predicted octanol–water partition coefficient (Wildman–Crippen LogP) is 1.16. The molecule has 5 nitrogen and oxygen atoms in total. The van der Waals surface area contributed by atoms with Gasteiger partial charge < -0.3 is 20.1 Å². The fraction of sp³-hybridized carbons (Fsp3) is 0.933. The monoisotopic (exact) mass is 284 g/mol. The van der Waals surface area contributed by atoms with Crippen molar-refractivity contribution in [2.45, 2.75) is 51.2 Å². The van der Waals surface area contributed by atoms with Crippen molar-refractivity contribution in [1.82, 2.24) is 4.90 Å². The molecule has 2 heterocycles. The van der Waals surface area contributed by atoms with Crippen molar-refractivity contribution in [2.75, 3.05) is 32.9 Å². The van der Waals surface area contributed by atoms with Crippen LogP contribution in [0.25, 0.3) is 0 Å². The summed E-state index contributed by atoms with van der Waals surface area (Å²) >= 11 is 0. The Kier molecular flexibility index (Phi) is 5.41. The van der Waals surface area contributed by atoms with Gasteiger partial charge in [-0.2, -0.15) is 0 Å². The third-order valence-corrected chi connectivity index (χ3v) is 4.21. The van der Waals surface area contributed by atoms with Gasteiger partial charge >= 0.3 is 0 Å². The molecule has 1 amide bonds. The summed E-state index contributed by atoms with van der Waals surface area (Å²) in [4.78, 5) is 14.5. The Labute approximate surface area is 121 Å². The van der Waals surface area contributed by atoms with Crippen LogP contribution in [0.4, 0.5) is 0 Å². The zero-order valence-corrected chi connectivity index (χ0v) is 12.8. The Morgan fingerprint density at radius 3 is 2.50 bits per heavy atom. The van der Waals surface area contributed by atoms with Crippen LogP contribution < -0.4 is 5.73 Å². The molecule has 0 aromatic rings. The van der Waals surface area contributed by atoms with Crippen molar-refractivity contribution < 1.29 is 14.3 Å². The number of nitrogens with two attached hydrogens (primary N) is 1. The van der Waals surface area contributed by atoms with Gasteiger partial charge in [0.05, 0.1) is 11.6 Å². The van der Waals surface area contributed by atoms with Gasteiger partial charge in [-0.1, -0.05) is 13.8 Å². The Morgan fingerprint density at radius 2 is 1.95 bits per heavy atom. The maximum atomic E-state index is 12.6. The molecule has 2 saturated heterocycles. The van der Waals surface area contributed by atoms with Crippen LogP contribution in [0.2, 0.25) is 0 Å². The molecule has 20 heavy (non-hydrogen) atoms. The molecule has 0 spiro atoms. The molecular formula is C15H28N2O3. The highest BCUT2D eigenvalue weighted by molar-refractivity contribution is 5.86. The highest BCUT2D eigenvalue weighted by Crippen LogP contribution is 2.23. The molecule has 5 heteroatoms. The molecular weight excluding hydrogens is 256 g/mol. The van der Waals surface area contributed by atoms with Gasteiger partial charge in [0.25, 0.3) is 0 Å². The Hall–Kier alpha value is -0.650.